The number of hydrogen-bond acceptors (Lipinski definition) is 3. The highest BCUT2D eigenvalue weighted by Crippen LogP contribution is 2.29. The molecule has 6 heteroatoms. The minimum absolute atomic E-state index is 0.237. The molecule has 1 aliphatic rings. The number of benzene rings is 2. The molecule has 0 aliphatic carbocycles. The number of amides is 3. The largest absolute Gasteiger partial charge is 0.378 e. The molecule has 6 nitrogen and oxygen atoms in total. The third-order valence-electron chi connectivity index (χ3n) is 4.89. The van der Waals surface area contributed by atoms with Gasteiger partial charge in [-0.3, -0.25) is 4.79 Å². The molecular formula is C22H26N4O2. The van der Waals surface area contributed by atoms with Crippen LogP contribution in [0.15, 0.2) is 53.7 Å². The molecule has 1 aliphatic heterocycles. The van der Waals surface area contributed by atoms with Crippen LogP contribution in [0.1, 0.15) is 29.7 Å². The van der Waals surface area contributed by atoms with Crippen molar-refractivity contribution in [3.05, 3.63) is 70.4 Å². The van der Waals surface area contributed by atoms with E-state index in [1.165, 1.54) is 0 Å². The molecule has 0 saturated heterocycles. The number of allylic oxidation sites excluding steroid dienone is 1. The van der Waals surface area contributed by atoms with Crippen LogP contribution in [-0.2, 0) is 4.79 Å². The zero-order valence-corrected chi connectivity index (χ0v) is 16.9. The van der Waals surface area contributed by atoms with Crippen LogP contribution in [0.5, 0.6) is 0 Å². The highest BCUT2D eigenvalue weighted by Gasteiger charge is 2.31. The lowest BCUT2D eigenvalue weighted by Crippen LogP contribution is -2.46. The normalized spacial score (nSPS) is 16.3. The van der Waals surface area contributed by atoms with Gasteiger partial charge in [-0.2, -0.15) is 0 Å². The van der Waals surface area contributed by atoms with Gasteiger partial charge < -0.3 is 20.9 Å². The molecule has 0 bridgehead atoms. The first-order chi connectivity index (χ1) is 13.3. The van der Waals surface area contributed by atoms with E-state index in [9.17, 15) is 9.59 Å². The highest BCUT2D eigenvalue weighted by atomic mass is 16.2. The Morgan fingerprint density at radius 1 is 1.04 bits per heavy atom. The molecule has 3 rings (SSSR count). The van der Waals surface area contributed by atoms with Gasteiger partial charge in [-0.15, -0.1) is 0 Å². The molecule has 0 spiro atoms. The van der Waals surface area contributed by atoms with Gasteiger partial charge in [-0.25, -0.2) is 4.79 Å². The number of hydrogen-bond donors (Lipinski definition) is 3. The van der Waals surface area contributed by atoms with Gasteiger partial charge in [-0.1, -0.05) is 29.8 Å². The summed E-state index contributed by atoms with van der Waals surface area (Å²) < 4.78 is 0. The van der Waals surface area contributed by atoms with E-state index in [2.05, 4.69) is 16.0 Å². The summed E-state index contributed by atoms with van der Waals surface area (Å²) in [6.07, 6.45) is 0. The second-order valence-corrected chi connectivity index (χ2v) is 7.33. The summed E-state index contributed by atoms with van der Waals surface area (Å²) in [6, 6.07) is 12.9. The summed E-state index contributed by atoms with van der Waals surface area (Å²) in [7, 11) is 3.93. The SMILES string of the molecule is CC1=C(C(=O)Nc2ccc(C)cc2C)[C@H](c2ccc(N(C)C)cc2)NC(=O)N1. The van der Waals surface area contributed by atoms with Gasteiger partial charge >= 0.3 is 6.03 Å². The van der Waals surface area contributed by atoms with Crippen molar-refractivity contribution in [1.29, 1.82) is 0 Å². The van der Waals surface area contributed by atoms with Crippen LogP contribution in [0.25, 0.3) is 0 Å². The van der Waals surface area contributed by atoms with E-state index in [0.29, 0.717) is 11.3 Å². The third-order valence-corrected chi connectivity index (χ3v) is 4.89. The number of aryl methyl sites for hydroxylation is 2. The average Bonchev–Trinajstić information content (AvgIpc) is 2.63. The van der Waals surface area contributed by atoms with Crippen LogP contribution in [0, 0.1) is 13.8 Å². The standard InChI is InChI=1S/C22H26N4O2/c1-13-6-11-18(14(2)12-13)24-21(27)19-15(3)23-22(28)25-20(19)16-7-9-17(10-8-16)26(4)5/h6-12,20H,1-5H3,(H,24,27)(H2,23,25,28)/t20-/m0/s1. The maximum Gasteiger partial charge on any atom is 0.319 e. The molecule has 146 valence electrons. The van der Waals surface area contributed by atoms with Gasteiger partial charge in [0.15, 0.2) is 0 Å². The number of carbonyl (C=O) groups is 2. The molecule has 3 amide bonds. The molecule has 2 aromatic rings. The van der Waals surface area contributed by atoms with Crippen molar-refractivity contribution < 1.29 is 9.59 Å². The van der Waals surface area contributed by atoms with E-state index in [1.54, 1.807) is 6.92 Å². The maximum absolute atomic E-state index is 13.1. The predicted molar refractivity (Wildman–Crippen MR) is 112 cm³/mol. The molecule has 1 heterocycles. The Balaban J connectivity index is 1.93. The summed E-state index contributed by atoms with van der Waals surface area (Å²) >= 11 is 0. The number of urea groups is 1. The van der Waals surface area contributed by atoms with E-state index in [-0.39, 0.29) is 11.9 Å². The van der Waals surface area contributed by atoms with Gasteiger partial charge in [0, 0.05) is 31.2 Å². The summed E-state index contributed by atoms with van der Waals surface area (Å²) in [6.45, 7) is 5.72. The Hall–Kier alpha value is -3.28. The highest BCUT2D eigenvalue weighted by molar-refractivity contribution is 6.07. The first kappa shape index (κ1) is 19.5. The molecule has 28 heavy (non-hydrogen) atoms. The molecule has 0 aromatic heterocycles. The minimum atomic E-state index is -0.518. The maximum atomic E-state index is 13.1. The third kappa shape index (κ3) is 4.01. The molecule has 0 fully saturated rings. The Morgan fingerprint density at radius 3 is 2.32 bits per heavy atom. The van der Waals surface area contributed by atoms with Crippen molar-refractivity contribution in [2.45, 2.75) is 26.8 Å². The summed E-state index contributed by atoms with van der Waals surface area (Å²) in [5.41, 5.74) is 5.83. The summed E-state index contributed by atoms with van der Waals surface area (Å²) in [5.74, 6) is -0.237. The van der Waals surface area contributed by atoms with Crippen molar-refractivity contribution in [2.75, 3.05) is 24.3 Å². The lowest BCUT2D eigenvalue weighted by Gasteiger charge is -2.29. The van der Waals surface area contributed by atoms with Crippen LogP contribution in [-0.4, -0.2) is 26.0 Å². The van der Waals surface area contributed by atoms with E-state index < -0.39 is 6.04 Å². The lowest BCUT2D eigenvalue weighted by molar-refractivity contribution is -0.113. The first-order valence-corrected chi connectivity index (χ1v) is 9.20. The second-order valence-electron chi connectivity index (χ2n) is 7.33. The van der Waals surface area contributed by atoms with E-state index in [4.69, 9.17) is 0 Å². The van der Waals surface area contributed by atoms with Gasteiger partial charge in [0.25, 0.3) is 5.91 Å². The Kier molecular flexibility index (Phi) is 5.40. The van der Waals surface area contributed by atoms with Crippen LogP contribution < -0.4 is 20.9 Å². The monoisotopic (exact) mass is 378 g/mol. The fourth-order valence-electron chi connectivity index (χ4n) is 3.35. The molecule has 2 aromatic carbocycles. The van der Waals surface area contributed by atoms with E-state index >= 15 is 0 Å². The fraction of sp³-hybridized carbons (Fsp3) is 0.273. The fourth-order valence-corrected chi connectivity index (χ4v) is 3.35. The zero-order chi connectivity index (χ0) is 20.4. The Bertz CT molecular complexity index is 946. The first-order valence-electron chi connectivity index (χ1n) is 9.20. The molecule has 0 radical (unpaired) electrons. The van der Waals surface area contributed by atoms with Crippen LogP contribution >= 0.6 is 0 Å². The number of nitrogens with one attached hydrogen (secondary N) is 3. The summed E-state index contributed by atoms with van der Waals surface area (Å²) in [4.78, 5) is 27.2. The van der Waals surface area contributed by atoms with Gasteiger partial charge in [-0.05, 0) is 50.1 Å². The van der Waals surface area contributed by atoms with Crippen molar-refractivity contribution in [2.24, 2.45) is 0 Å². The zero-order valence-electron chi connectivity index (χ0n) is 16.9. The Labute approximate surface area is 165 Å². The van der Waals surface area contributed by atoms with Gasteiger partial charge in [0.05, 0.1) is 11.6 Å². The minimum Gasteiger partial charge on any atom is -0.378 e. The number of nitrogens with zero attached hydrogens (tertiary/aromatic N) is 1. The molecule has 1 atom stereocenters. The second kappa shape index (κ2) is 7.76. The van der Waals surface area contributed by atoms with Crippen LogP contribution in [0.2, 0.25) is 0 Å². The van der Waals surface area contributed by atoms with Gasteiger partial charge in [0.2, 0.25) is 0 Å². The van der Waals surface area contributed by atoms with Crippen molar-refractivity contribution in [3.8, 4) is 0 Å². The molecule has 3 N–H and O–H groups in total. The quantitative estimate of drug-likeness (QED) is 0.761. The molecule has 0 saturated carbocycles. The predicted octanol–water partition coefficient (Wildman–Crippen LogP) is 3.64. The number of carbonyl (C=O) groups excluding carboxylic acids is 2. The smallest absolute Gasteiger partial charge is 0.319 e. The van der Waals surface area contributed by atoms with Gasteiger partial charge in [0.1, 0.15) is 0 Å². The van der Waals surface area contributed by atoms with Crippen molar-refractivity contribution >= 4 is 23.3 Å². The number of anilines is 2. The number of rotatable bonds is 4. The Morgan fingerprint density at radius 2 is 1.71 bits per heavy atom. The average molecular weight is 378 g/mol. The van der Waals surface area contributed by atoms with Crippen molar-refractivity contribution in [1.82, 2.24) is 10.6 Å². The van der Waals surface area contributed by atoms with Crippen LogP contribution in [0.3, 0.4) is 0 Å². The van der Waals surface area contributed by atoms with Crippen molar-refractivity contribution in [3.63, 3.8) is 0 Å². The molecule has 0 unspecified atom stereocenters. The lowest BCUT2D eigenvalue weighted by atomic mass is 9.94. The van der Waals surface area contributed by atoms with Crippen LogP contribution in [0.4, 0.5) is 16.2 Å². The van der Waals surface area contributed by atoms with E-state index in [1.807, 2.05) is 75.3 Å². The summed E-state index contributed by atoms with van der Waals surface area (Å²) in [5, 5.41) is 8.56. The molecular weight excluding hydrogens is 352 g/mol. The van der Waals surface area contributed by atoms with E-state index in [0.717, 1.165) is 28.1 Å². The topological polar surface area (TPSA) is 73.5 Å².